The van der Waals surface area contributed by atoms with Crippen molar-refractivity contribution in [1.29, 1.82) is 0 Å². The number of allylic oxidation sites excluding steroid dienone is 2. The summed E-state index contributed by atoms with van der Waals surface area (Å²) in [5.74, 6) is 3.58. The maximum Gasteiger partial charge on any atom is 0.141 e. The van der Waals surface area contributed by atoms with Gasteiger partial charge in [-0.15, -0.1) is 0 Å². The molecule has 0 fully saturated rings. The Morgan fingerprint density at radius 3 is 2.25 bits per heavy atom. The van der Waals surface area contributed by atoms with Crippen molar-refractivity contribution in [3.63, 3.8) is 0 Å². The van der Waals surface area contributed by atoms with Crippen LogP contribution in [0.25, 0.3) is 38.9 Å². The molecular formula is C49H44N4O2. The minimum absolute atomic E-state index is 0.189. The Balaban J connectivity index is 1.12. The Bertz CT molecular complexity index is 2660. The molecule has 0 amide bonds. The van der Waals surface area contributed by atoms with Gasteiger partial charge in [-0.05, 0) is 84.7 Å². The molecule has 55 heavy (non-hydrogen) atoms. The van der Waals surface area contributed by atoms with E-state index in [1.165, 1.54) is 28.0 Å². The van der Waals surface area contributed by atoms with Gasteiger partial charge < -0.3 is 9.47 Å². The molecule has 1 aliphatic carbocycles. The lowest BCUT2D eigenvalue weighted by Crippen LogP contribution is -2.19. The van der Waals surface area contributed by atoms with E-state index in [0.29, 0.717) is 5.92 Å². The summed E-state index contributed by atoms with van der Waals surface area (Å²) < 4.78 is 16.6. The first-order valence-corrected chi connectivity index (χ1v) is 19.4. The van der Waals surface area contributed by atoms with Crippen molar-refractivity contribution in [1.82, 2.24) is 19.3 Å². The van der Waals surface area contributed by atoms with Gasteiger partial charge in [-0.2, -0.15) is 5.10 Å². The van der Waals surface area contributed by atoms with Crippen LogP contribution in [0.2, 0.25) is 0 Å². The van der Waals surface area contributed by atoms with Gasteiger partial charge in [0.25, 0.3) is 0 Å². The highest BCUT2D eigenvalue weighted by molar-refractivity contribution is 6.09. The second-order valence-corrected chi connectivity index (χ2v) is 14.2. The Morgan fingerprint density at radius 1 is 0.691 bits per heavy atom. The third-order valence-electron chi connectivity index (χ3n) is 11.1. The summed E-state index contributed by atoms with van der Waals surface area (Å²) in [6, 6.07) is 48.9. The largest absolute Gasteiger partial charge is 0.497 e. The van der Waals surface area contributed by atoms with Crippen LogP contribution in [0, 0.1) is 0 Å². The molecule has 272 valence electrons. The molecule has 0 spiro atoms. The zero-order valence-electron chi connectivity index (χ0n) is 31.5. The first-order valence-electron chi connectivity index (χ1n) is 19.4. The fraction of sp³-hybridized carbons (Fsp3) is 0.184. The summed E-state index contributed by atoms with van der Waals surface area (Å²) in [5, 5.41) is 7.67. The first kappa shape index (κ1) is 34.4. The number of aryl methyl sites for hydroxylation is 1. The van der Waals surface area contributed by atoms with Gasteiger partial charge in [0.2, 0.25) is 0 Å². The average Bonchev–Trinajstić information content (AvgIpc) is 3.79. The van der Waals surface area contributed by atoms with Gasteiger partial charge in [0.15, 0.2) is 0 Å². The van der Waals surface area contributed by atoms with Crippen molar-refractivity contribution in [2.75, 3.05) is 7.11 Å². The zero-order chi connectivity index (χ0) is 37.3. The SMILES string of the molecule is CCc1nn(-c2cccc(Oc3ccc4c5ccccc5n(-c5cc(OC)ccn5)c4c3)c2)c(CC)c1C1C(c2ccccc2)=CCC[C@@H]1c1ccccc1. The van der Waals surface area contributed by atoms with E-state index in [1.54, 1.807) is 13.3 Å². The van der Waals surface area contributed by atoms with E-state index in [1.807, 2.05) is 24.3 Å². The molecule has 3 aromatic heterocycles. The molecule has 0 saturated carbocycles. The molecular weight excluding hydrogens is 677 g/mol. The molecule has 2 atom stereocenters. The molecule has 0 aliphatic heterocycles. The number of hydrogen-bond donors (Lipinski definition) is 0. The van der Waals surface area contributed by atoms with Crippen LogP contribution in [0.5, 0.6) is 17.2 Å². The first-order chi connectivity index (χ1) is 27.1. The number of hydrogen-bond acceptors (Lipinski definition) is 4. The number of nitrogens with zero attached hydrogens (tertiary/aromatic N) is 4. The lowest BCUT2D eigenvalue weighted by Gasteiger charge is -2.34. The fourth-order valence-electron chi connectivity index (χ4n) is 8.69. The van der Waals surface area contributed by atoms with Gasteiger partial charge in [-0.1, -0.05) is 105 Å². The van der Waals surface area contributed by atoms with E-state index in [9.17, 15) is 0 Å². The maximum absolute atomic E-state index is 6.67. The summed E-state index contributed by atoms with van der Waals surface area (Å²) in [4.78, 5) is 4.73. The second kappa shape index (κ2) is 14.8. The van der Waals surface area contributed by atoms with Gasteiger partial charge in [0.1, 0.15) is 23.1 Å². The summed E-state index contributed by atoms with van der Waals surface area (Å²) in [6.07, 6.45) is 8.12. The normalized spacial score (nSPS) is 15.7. The second-order valence-electron chi connectivity index (χ2n) is 14.2. The maximum atomic E-state index is 6.67. The van der Waals surface area contributed by atoms with E-state index in [-0.39, 0.29) is 5.92 Å². The lowest BCUT2D eigenvalue weighted by molar-refractivity contribution is 0.414. The van der Waals surface area contributed by atoms with Crippen LogP contribution in [0.15, 0.2) is 152 Å². The molecule has 6 heteroatoms. The third-order valence-corrected chi connectivity index (χ3v) is 11.1. The van der Waals surface area contributed by atoms with Crippen molar-refractivity contribution in [2.45, 2.75) is 51.4 Å². The van der Waals surface area contributed by atoms with E-state index in [0.717, 1.165) is 81.9 Å². The van der Waals surface area contributed by atoms with Crippen LogP contribution in [0.4, 0.5) is 0 Å². The average molecular weight is 721 g/mol. The molecule has 0 N–H and O–H groups in total. The Hall–Kier alpha value is -6.40. The molecule has 0 radical (unpaired) electrons. The molecule has 6 nitrogen and oxygen atoms in total. The summed E-state index contributed by atoms with van der Waals surface area (Å²) in [7, 11) is 1.68. The van der Waals surface area contributed by atoms with Crippen LogP contribution in [-0.4, -0.2) is 26.4 Å². The fourth-order valence-corrected chi connectivity index (χ4v) is 8.69. The van der Waals surface area contributed by atoms with Crippen molar-refractivity contribution >= 4 is 27.4 Å². The predicted molar refractivity (Wildman–Crippen MR) is 223 cm³/mol. The number of aromatic nitrogens is 4. The monoisotopic (exact) mass is 720 g/mol. The quantitative estimate of drug-likeness (QED) is 0.141. The molecule has 1 unspecified atom stereocenters. The van der Waals surface area contributed by atoms with Crippen LogP contribution in [-0.2, 0) is 12.8 Å². The van der Waals surface area contributed by atoms with Crippen LogP contribution in [0.3, 0.4) is 0 Å². The minimum atomic E-state index is 0.189. The summed E-state index contributed by atoms with van der Waals surface area (Å²) >= 11 is 0. The summed E-state index contributed by atoms with van der Waals surface area (Å²) in [6.45, 7) is 4.49. The number of ether oxygens (including phenoxy) is 2. The van der Waals surface area contributed by atoms with Gasteiger partial charge in [0.05, 0.1) is 29.5 Å². The molecule has 0 bridgehead atoms. The van der Waals surface area contributed by atoms with Gasteiger partial charge in [-0.25, -0.2) is 9.67 Å². The summed E-state index contributed by atoms with van der Waals surface area (Å²) in [5.41, 5.74) is 10.9. The van der Waals surface area contributed by atoms with Crippen molar-refractivity contribution < 1.29 is 9.47 Å². The minimum Gasteiger partial charge on any atom is -0.497 e. The number of para-hydroxylation sites is 1. The van der Waals surface area contributed by atoms with Gasteiger partial charge in [-0.3, -0.25) is 4.57 Å². The molecule has 9 rings (SSSR count). The number of rotatable bonds is 10. The highest BCUT2D eigenvalue weighted by Gasteiger charge is 2.36. The van der Waals surface area contributed by atoms with E-state index < -0.39 is 0 Å². The van der Waals surface area contributed by atoms with Gasteiger partial charge >= 0.3 is 0 Å². The van der Waals surface area contributed by atoms with Crippen LogP contribution in [0.1, 0.15) is 66.6 Å². The smallest absolute Gasteiger partial charge is 0.141 e. The van der Waals surface area contributed by atoms with Crippen LogP contribution >= 0.6 is 0 Å². The van der Waals surface area contributed by atoms with Gasteiger partial charge in [0, 0.05) is 52.3 Å². The Kier molecular flexibility index (Phi) is 9.24. The topological polar surface area (TPSA) is 54.1 Å². The van der Waals surface area contributed by atoms with E-state index in [4.69, 9.17) is 19.6 Å². The van der Waals surface area contributed by atoms with Crippen molar-refractivity contribution in [2.24, 2.45) is 0 Å². The molecule has 0 saturated heterocycles. The zero-order valence-corrected chi connectivity index (χ0v) is 31.5. The van der Waals surface area contributed by atoms with Crippen molar-refractivity contribution in [3.8, 4) is 28.8 Å². The Morgan fingerprint density at radius 2 is 1.45 bits per heavy atom. The standard InChI is InChI=1S/C49H44N4O2/c1-4-43-49(48-39(33-16-8-6-9-17-33)23-15-24-40(48)34-18-10-7-11-19-34)44(5-2)53(51-43)35-20-14-21-37(30-35)55-38-26-27-42-41-22-12-13-25-45(41)52(46(42)31-38)47-32-36(54-3)28-29-50-47/h6-14,16-23,25-32,40,48H,4-5,15,24H2,1-3H3/t40-,48?/m1/s1. The number of methoxy groups -OCH3 is 1. The van der Waals surface area contributed by atoms with E-state index >= 15 is 0 Å². The van der Waals surface area contributed by atoms with E-state index in [2.05, 4.69) is 144 Å². The predicted octanol–water partition coefficient (Wildman–Crippen LogP) is 12.0. The number of fused-ring (bicyclic) bond motifs is 3. The van der Waals surface area contributed by atoms with Crippen LogP contribution < -0.4 is 9.47 Å². The lowest BCUT2D eigenvalue weighted by atomic mass is 9.69. The molecule has 3 heterocycles. The van der Waals surface area contributed by atoms with Crippen molar-refractivity contribution in [3.05, 3.63) is 180 Å². The highest BCUT2D eigenvalue weighted by atomic mass is 16.5. The molecule has 1 aliphatic rings. The number of pyridine rings is 1. The molecule has 5 aromatic carbocycles. The number of benzene rings is 5. The Labute approximate surface area is 322 Å². The third kappa shape index (κ3) is 6.27. The highest BCUT2D eigenvalue weighted by Crippen LogP contribution is 2.51. The molecule has 8 aromatic rings.